The van der Waals surface area contributed by atoms with Crippen LogP contribution in [0.15, 0.2) is 41.3 Å². The lowest BCUT2D eigenvalue weighted by atomic mass is 9.53. The van der Waals surface area contributed by atoms with E-state index in [9.17, 15) is 9.59 Å². The Bertz CT molecular complexity index is 1190. The van der Waals surface area contributed by atoms with Crippen molar-refractivity contribution < 1.29 is 4.79 Å². The van der Waals surface area contributed by atoms with Crippen LogP contribution in [0.1, 0.15) is 48.9 Å². The highest BCUT2D eigenvalue weighted by atomic mass is 16.2. The zero-order valence-corrected chi connectivity index (χ0v) is 17.1. The summed E-state index contributed by atoms with van der Waals surface area (Å²) in [6, 6.07) is 9.66. The summed E-state index contributed by atoms with van der Waals surface area (Å²) in [5, 5.41) is 3.46. The van der Waals surface area contributed by atoms with Gasteiger partial charge < -0.3 is 5.32 Å². The van der Waals surface area contributed by atoms with Crippen LogP contribution in [0.5, 0.6) is 0 Å². The van der Waals surface area contributed by atoms with Crippen LogP contribution >= 0.6 is 0 Å². The molecule has 2 aromatic heterocycles. The van der Waals surface area contributed by atoms with Gasteiger partial charge in [0, 0.05) is 29.9 Å². The van der Waals surface area contributed by atoms with Gasteiger partial charge >= 0.3 is 5.69 Å². The van der Waals surface area contributed by atoms with Crippen molar-refractivity contribution in [2.24, 2.45) is 24.8 Å². The summed E-state index contributed by atoms with van der Waals surface area (Å²) < 4.78 is 1.55. The fourth-order valence-corrected chi connectivity index (χ4v) is 6.67. The van der Waals surface area contributed by atoms with Crippen molar-refractivity contribution in [1.82, 2.24) is 19.9 Å². The fraction of sp³-hybridized carbons (Fsp3) is 0.458. The van der Waals surface area contributed by atoms with Gasteiger partial charge in [0.05, 0.1) is 5.52 Å². The van der Waals surface area contributed by atoms with Gasteiger partial charge in [-0.15, -0.1) is 0 Å². The standard InChI is InChI=1S/C24H26N4O2/c1-28-20-9-19(13-25-21(20)26-23(28)30)17-3-2-4-18(8-17)22(29)27-24-10-14-5-15(11-24)7-16(6-14)12-24/h2-4,8-9,13-16H,5-7,10-12H2,1H3,(H,27,29)(H,25,26,30). The molecule has 7 rings (SSSR count). The summed E-state index contributed by atoms with van der Waals surface area (Å²) in [6.07, 6.45) is 9.27. The lowest BCUT2D eigenvalue weighted by molar-refractivity contribution is -0.0167. The molecule has 30 heavy (non-hydrogen) atoms. The Kier molecular flexibility index (Phi) is 3.77. The number of pyridine rings is 1. The van der Waals surface area contributed by atoms with Crippen LogP contribution in [-0.2, 0) is 7.05 Å². The Balaban J connectivity index is 1.29. The van der Waals surface area contributed by atoms with Crippen molar-refractivity contribution in [2.45, 2.75) is 44.1 Å². The minimum Gasteiger partial charge on any atom is -0.347 e. The average molecular weight is 402 g/mol. The van der Waals surface area contributed by atoms with Gasteiger partial charge in [0.15, 0.2) is 5.65 Å². The maximum absolute atomic E-state index is 13.2. The molecule has 6 nitrogen and oxygen atoms in total. The molecule has 3 aromatic rings. The molecule has 0 radical (unpaired) electrons. The third kappa shape index (κ3) is 2.81. The lowest BCUT2D eigenvalue weighted by Gasteiger charge is -2.56. The van der Waals surface area contributed by atoms with Gasteiger partial charge in [-0.3, -0.25) is 14.3 Å². The van der Waals surface area contributed by atoms with E-state index in [-0.39, 0.29) is 17.1 Å². The summed E-state index contributed by atoms with van der Waals surface area (Å²) >= 11 is 0. The molecule has 0 unspecified atom stereocenters. The molecule has 4 aliphatic carbocycles. The molecule has 4 aliphatic rings. The normalized spacial score (nSPS) is 29.4. The molecule has 2 heterocycles. The van der Waals surface area contributed by atoms with Crippen LogP contribution < -0.4 is 11.0 Å². The van der Waals surface area contributed by atoms with E-state index in [0.29, 0.717) is 11.2 Å². The number of carbonyl (C=O) groups is 1. The Morgan fingerprint density at radius 1 is 1.10 bits per heavy atom. The molecule has 4 bridgehead atoms. The number of rotatable bonds is 3. The van der Waals surface area contributed by atoms with Crippen molar-refractivity contribution in [1.29, 1.82) is 0 Å². The molecule has 0 saturated heterocycles. The number of nitrogens with one attached hydrogen (secondary N) is 2. The summed E-state index contributed by atoms with van der Waals surface area (Å²) in [7, 11) is 1.72. The van der Waals surface area contributed by atoms with Crippen LogP contribution in [-0.4, -0.2) is 26.0 Å². The minimum atomic E-state index is -0.182. The number of hydrogen-bond donors (Lipinski definition) is 2. The molecular weight excluding hydrogens is 376 g/mol. The second-order valence-corrected chi connectivity index (χ2v) is 9.81. The van der Waals surface area contributed by atoms with Crippen molar-refractivity contribution in [3.63, 3.8) is 0 Å². The van der Waals surface area contributed by atoms with Crippen molar-refractivity contribution in [3.05, 3.63) is 52.6 Å². The Morgan fingerprint density at radius 2 is 1.80 bits per heavy atom. The first-order chi connectivity index (χ1) is 14.5. The van der Waals surface area contributed by atoms with Crippen LogP contribution in [0.3, 0.4) is 0 Å². The van der Waals surface area contributed by atoms with Gasteiger partial charge in [0.25, 0.3) is 5.91 Å². The summed E-state index contributed by atoms with van der Waals surface area (Å²) in [6.45, 7) is 0. The maximum Gasteiger partial charge on any atom is 0.327 e. The SMILES string of the molecule is Cn1c(=O)[nH]c2ncc(-c3cccc(C(=O)NC45CC6CC(CC(C6)C4)C5)c3)cc21. The number of hydrogen-bond acceptors (Lipinski definition) is 3. The molecule has 6 heteroatoms. The topological polar surface area (TPSA) is 79.8 Å². The van der Waals surface area contributed by atoms with Crippen LogP contribution in [0.2, 0.25) is 0 Å². The summed E-state index contributed by atoms with van der Waals surface area (Å²) in [5.41, 5.74) is 3.65. The number of amides is 1. The predicted octanol–water partition coefficient (Wildman–Crippen LogP) is 3.63. The zero-order chi connectivity index (χ0) is 20.5. The third-order valence-electron chi connectivity index (χ3n) is 7.63. The molecule has 0 aliphatic heterocycles. The number of aryl methyl sites for hydroxylation is 1. The first-order valence-electron chi connectivity index (χ1n) is 11.0. The smallest absolute Gasteiger partial charge is 0.327 e. The third-order valence-corrected chi connectivity index (χ3v) is 7.63. The van der Waals surface area contributed by atoms with E-state index in [2.05, 4.69) is 15.3 Å². The molecule has 0 spiro atoms. The minimum absolute atomic E-state index is 0.00566. The van der Waals surface area contributed by atoms with E-state index in [0.717, 1.165) is 53.7 Å². The fourth-order valence-electron chi connectivity index (χ4n) is 6.67. The Hall–Kier alpha value is -2.89. The first-order valence-corrected chi connectivity index (χ1v) is 11.0. The second kappa shape index (κ2) is 6.30. The number of aromatic amines is 1. The van der Waals surface area contributed by atoms with E-state index < -0.39 is 0 Å². The molecule has 1 amide bonds. The molecule has 4 fully saturated rings. The monoisotopic (exact) mass is 402 g/mol. The van der Waals surface area contributed by atoms with E-state index >= 15 is 0 Å². The largest absolute Gasteiger partial charge is 0.347 e. The number of nitrogens with zero attached hydrogens (tertiary/aromatic N) is 2. The predicted molar refractivity (Wildman–Crippen MR) is 115 cm³/mol. The van der Waals surface area contributed by atoms with Gasteiger partial charge in [0.2, 0.25) is 0 Å². The van der Waals surface area contributed by atoms with Gasteiger partial charge in [-0.05, 0) is 80.0 Å². The van der Waals surface area contributed by atoms with Crippen LogP contribution in [0.25, 0.3) is 22.3 Å². The molecule has 2 N–H and O–H groups in total. The van der Waals surface area contributed by atoms with Crippen molar-refractivity contribution in [3.8, 4) is 11.1 Å². The van der Waals surface area contributed by atoms with Crippen molar-refractivity contribution in [2.75, 3.05) is 0 Å². The molecule has 0 atom stereocenters. The maximum atomic E-state index is 13.2. The van der Waals surface area contributed by atoms with E-state index in [1.165, 1.54) is 19.3 Å². The Labute approximate surface area is 174 Å². The highest BCUT2D eigenvalue weighted by molar-refractivity contribution is 5.96. The molecule has 154 valence electrons. The quantitative estimate of drug-likeness (QED) is 0.702. The van der Waals surface area contributed by atoms with E-state index in [4.69, 9.17) is 0 Å². The second-order valence-electron chi connectivity index (χ2n) is 9.81. The number of fused-ring (bicyclic) bond motifs is 1. The number of carbonyl (C=O) groups excluding carboxylic acids is 1. The average Bonchev–Trinajstić information content (AvgIpc) is 3.00. The highest BCUT2D eigenvalue weighted by Crippen LogP contribution is 2.55. The molecule has 4 saturated carbocycles. The molecular formula is C24H26N4O2. The van der Waals surface area contributed by atoms with Crippen LogP contribution in [0.4, 0.5) is 0 Å². The van der Waals surface area contributed by atoms with Gasteiger partial charge in [0.1, 0.15) is 0 Å². The summed E-state index contributed by atoms with van der Waals surface area (Å²) in [4.78, 5) is 32.2. The highest BCUT2D eigenvalue weighted by Gasteiger charge is 2.51. The van der Waals surface area contributed by atoms with E-state index in [1.807, 2.05) is 30.3 Å². The van der Waals surface area contributed by atoms with Gasteiger partial charge in [-0.2, -0.15) is 0 Å². The Morgan fingerprint density at radius 3 is 2.50 bits per heavy atom. The number of benzene rings is 1. The van der Waals surface area contributed by atoms with E-state index in [1.54, 1.807) is 17.8 Å². The van der Waals surface area contributed by atoms with Crippen LogP contribution in [0, 0.1) is 17.8 Å². The lowest BCUT2D eigenvalue weighted by Crippen LogP contribution is -2.59. The van der Waals surface area contributed by atoms with Gasteiger partial charge in [-0.1, -0.05) is 12.1 Å². The number of imidazole rings is 1. The summed E-state index contributed by atoms with van der Waals surface area (Å²) in [5.74, 6) is 2.43. The van der Waals surface area contributed by atoms with Gasteiger partial charge in [-0.25, -0.2) is 9.78 Å². The molecule has 1 aromatic carbocycles. The first kappa shape index (κ1) is 17.9. The number of H-pyrrole nitrogens is 1. The number of aromatic nitrogens is 3. The zero-order valence-electron chi connectivity index (χ0n) is 17.1. The van der Waals surface area contributed by atoms with Crippen molar-refractivity contribution >= 4 is 17.1 Å².